The highest BCUT2D eigenvalue weighted by Crippen LogP contribution is 2.27. The molecule has 2 rings (SSSR count). The Morgan fingerprint density at radius 2 is 2.04 bits per heavy atom. The molecule has 1 aromatic heterocycles. The highest BCUT2D eigenvalue weighted by molar-refractivity contribution is 6.42. The first-order valence-electron chi connectivity index (χ1n) is 6.13. The Morgan fingerprint density at radius 1 is 1.30 bits per heavy atom. The highest BCUT2D eigenvalue weighted by atomic mass is 35.5. The monoisotopic (exact) mass is 364 g/mol. The molecule has 1 N–H and O–H groups in total. The molecule has 2 aromatic rings. The highest BCUT2D eigenvalue weighted by Gasteiger charge is 2.33. The van der Waals surface area contributed by atoms with Crippen molar-refractivity contribution in [2.45, 2.75) is 12.7 Å². The molecule has 0 spiro atoms. The maximum Gasteiger partial charge on any atom is 0.435 e. The zero-order valence-electron chi connectivity index (χ0n) is 11.3. The number of rotatable bonds is 4. The van der Waals surface area contributed by atoms with Gasteiger partial charge in [0.05, 0.1) is 16.3 Å². The number of halogens is 5. The number of alkyl halides is 3. The number of nitrogens with one attached hydrogen (secondary N) is 1. The van der Waals surface area contributed by atoms with Crippen LogP contribution in [-0.2, 0) is 17.5 Å². The first kappa shape index (κ1) is 17.3. The van der Waals surface area contributed by atoms with E-state index in [9.17, 15) is 18.0 Å². The molecule has 5 nitrogen and oxygen atoms in total. The molecule has 1 amide bonds. The summed E-state index contributed by atoms with van der Waals surface area (Å²) in [6.07, 6.45) is -2.16. The molecule has 1 aromatic carbocycles. The first-order chi connectivity index (χ1) is 10.8. The molecule has 10 heteroatoms. The minimum absolute atomic E-state index is 0.332. The second kappa shape index (κ2) is 7.01. The Morgan fingerprint density at radius 3 is 2.65 bits per heavy atom. The van der Waals surface area contributed by atoms with Gasteiger partial charge in [0, 0.05) is 6.20 Å². The molecular weight excluding hydrogens is 356 g/mol. The van der Waals surface area contributed by atoms with Gasteiger partial charge >= 0.3 is 6.18 Å². The van der Waals surface area contributed by atoms with Gasteiger partial charge < -0.3 is 0 Å². The van der Waals surface area contributed by atoms with E-state index in [0.29, 0.717) is 15.6 Å². The summed E-state index contributed by atoms with van der Waals surface area (Å²) in [5.41, 5.74) is 1.70. The van der Waals surface area contributed by atoms with E-state index in [2.05, 4.69) is 15.6 Å². The van der Waals surface area contributed by atoms with Crippen molar-refractivity contribution in [2.24, 2.45) is 5.10 Å². The topological polar surface area (TPSA) is 59.3 Å². The van der Waals surface area contributed by atoms with Crippen LogP contribution in [0.15, 0.2) is 35.6 Å². The summed E-state index contributed by atoms with van der Waals surface area (Å²) in [6.45, 7) is -0.394. The van der Waals surface area contributed by atoms with Gasteiger partial charge in [-0.25, -0.2) is 5.43 Å². The zero-order chi connectivity index (χ0) is 17.0. The van der Waals surface area contributed by atoms with Crippen molar-refractivity contribution < 1.29 is 18.0 Å². The van der Waals surface area contributed by atoms with Crippen molar-refractivity contribution in [1.29, 1.82) is 0 Å². The van der Waals surface area contributed by atoms with E-state index in [0.717, 1.165) is 16.9 Å². The lowest BCUT2D eigenvalue weighted by Crippen LogP contribution is -2.23. The van der Waals surface area contributed by atoms with E-state index in [4.69, 9.17) is 23.2 Å². The Hall–Kier alpha value is -2.06. The number of hydrogen-bond donors (Lipinski definition) is 1. The molecule has 0 aliphatic carbocycles. The molecule has 0 atom stereocenters. The van der Waals surface area contributed by atoms with Crippen molar-refractivity contribution >= 4 is 35.3 Å². The van der Waals surface area contributed by atoms with Gasteiger partial charge in [-0.3, -0.25) is 9.48 Å². The number of nitrogens with zero attached hydrogens (tertiary/aromatic N) is 3. The summed E-state index contributed by atoms with van der Waals surface area (Å²) < 4.78 is 38.0. The van der Waals surface area contributed by atoms with Crippen LogP contribution in [-0.4, -0.2) is 21.9 Å². The van der Waals surface area contributed by atoms with E-state index in [-0.39, 0.29) is 0 Å². The van der Waals surface area contributed by atoms with Gasteiger partial charge in [0.2, 0.25) is 0 Å². The molecule has 0 fully saturated rings. The van der Waals surface area contributed by atoms with Crippen LogP contribution >= 0.6 is 23.2 Å². The van der Waals surface area contributed by atoms with Gasteiger partial charge in [0.25, 0.3) is 5.91 Å². The van der Waals surface area contributed by atoms with Crippen LogP contribution in [0.4, 0.5) is 13.2 Å². The molecule has 1 heterocycles. The van der Waals surface area contributed by atoms with Crippen LogP contribution < -0.4 is 5.43 Å². The molecular formula is C13H9Cl2F3N4O. The fraction of sp³-hybridized carbons (Fsp3) is 0.154. The number of aromatic nitrogens is 2. The standard InChI is InChI=1S/C13H9Cl2F3N4O/c14-9-2-1-8(5-10(9)15)6-19-20-12(23)7-22-4-3-11(21-22)13(16,17)18/h1-6H,7H2,(H,20,23)/b19-6-. The summed E-state index contributed by atoms with van der Waals surface area (Å²) >= 11 is 11.6. The normalized spacial score (nSPS) is 11.9. The minimum Gasteiger partial charge on any atom is -0.271 e. The van der Waals surface area contributed by atoms with Crippen molar-refractivity contribution in [2.75, 3.05) is 0 Å². The molecule has 0 unspecified atom stereocenters. The number of hydrazone groups is 1. The maximum atomic E-state index is 12.4. The molecule has 0 bridgehead atoms. The van der Waals surface area contributed by atoms with Crippen LogP contribution in [0.25, 0.3) is 0 Å². The van der Waals surface area contributed by atoms with Gasteiger partial charge in [-0.15, -0.1) is 0 Å². The lowest BCUT2D eigenvalue weighted by atomic mass is 10.2. The van der Waals surface area contributed by atoms with E-state index in [1.54, 1.807) is 18.2 Å². The molecule has 0 saturated carbocycles. The summed E-state index contributed by atoms with van der Waals surface area (Å²) in [6, 6.07) is 5.53. The van der Waals surface area contributed by atoms with Crippen molar-refractivity contribution in [3.05, 3.63) is 51.8 Å². The van der Waals surface area contributed by atoms with E-state index in [1.165, 1.54) is 6.21 Å². The van der Waals surface area contributed by atoms with Crippen LogP contribution in [0, 0.1) is 0 Å². The maximum absolute atomic E-state index is 12.4. The molecule has 23 heavy (non-hydrogen) atoms. The number of carbonyl (C=O) groups excluding carboxylic acids is 1. The van der Waals surface area contributed by atoms with Gasteiger partial charge in [-0.05, 0) is 23.8 Å². The largest absolute Gasteiger partial charge is 0.435 e. The minimum atomic E-state index is -4.55. The number of benzene rings is 1. The van der Waals surface area contributed by atoms with Crippen molar-refractivity contribution in [1.82, 2.24) is 15.2 Å². The molecule has 122 valence electrons. The van der Waals surface area contributed by atoms with Crippen LogP contribution in [0.3, 0.4) is 0 Å². The molecule has 0 saturated heterocycles. The summed E-state index contributed by atoms with van der Waals surface area (Å²) in [7, 11) is 0. The predicted octanol–water partition coefficient (Wildman–Crippen LogP) is 3.36. The fourth-order valence-electron chi connectivity index (χ4n) is 1.55. The zero-order valence-corrected chi connectivity index (χ0v) is 12.8. The Labute approximate surface area is 138 Å². The number of amides is 1. The van der Waals surface area contributed by atoms with Gasteiger partial charge in [0.15, 0.2) is 5.69 Å². The fourth-order valence-corrected chi connectivity index (χ4v) is 1.86. The van der Waals surface area contributed by atoms with Gasteiger partial charge in [-0.2, -0.15) is 23.4 Å². The molecule has 0 aliphatic heterocycles. The van der Waals surface area contributed by atoms with E-state index in [1.807, 2.05) is 0 Å². The van der Waals surface area contributed by atoms with Gasteiger partial charge in [0.1, 0.15) is 6.54 Å². The third-order valence-corrected chi connectivity index (χ3v) is 3.32. The quantitative estimate of drug-likeness (QED) is 0.667. The molecule has 0 radical (unpaired) electrons. The first-order valence-corrected chi connectivity index (χ1v) is 6.89. The second-order valence-electron chi connectivity index (χ2n) is 4.36. The summed E-state index contributed by atoms with van der Waals surface area (Å²) in [4.78, 5) is 11.6. The Balaban J connectivity index is 1.91. The third-order valence-electron chi connectivity index (χ3n) is 2.58. The number of hydrogen-bond acceptors (Lipinski definition) is 3. The lowest BCUT2D eigenvalue weighted by Gasteiger charge is -2.02. The Bertz CT molecular complexity index is 743. The third kappa shape index (κ3) is 4.97. The van der Waals surface area contributed by atoms with Gasteiger partial charge in [-0.1, -0.05) is 29.3 Å². The number of carbonyl (C=O) groups is 1. The SMILES string of the molecule is O=C(Cn1ccc(C(F)(F)F)n1)N/N=C\c1ccc(Cl)c(Cl)c1. The Kier molecular flexibility index (Phi) is 5.27. The lowest BCUT2D eigenvalue weighted by molar-refractivity contribution is -0.141. The van der Waals surface area contributed by atoms with E-state index < -0.39 is 24.3 Å². The average molecular weight is 365 g/mol. The van der Waals surface area contributed by atoms with E-state index >= 15 is 0 Å². The van der Waals surface area contributed by atoms with Crippen LogP contribution in [0.2, 0.25) is 10.0 Å². The van der Waals surface area contributed by atoms with Crippen LogP contribution in [0.5, 0.6) is 0 Å². The molecule has 0 aliphatic rings. The van der Waals surface area contributed by atoms with Crippen molar-refractivity contribution in [3.63, 3.8) is 0 Å². The predicted molar refractivity (Wildman–Crippen MR) is 79.4 cm³/mol. The van der Waals surface area contributed by atoms with Crippen molar-refractivity contribution in [3.8, 4) is 0 Å². The second-order valence-corrected chi connectivity index (χ2v) is 5.18. The van der Waals surface area contributed by atoms with Crippen LogP contribution in [0.1, 0.15) is 11.3 Å². The summed E-state index contributed by atoms with van der Waals surface area (Å²) in [5, 5.41) is 7.64. The smallest absolute Gasteiger partial charge is 0.271 e. The average Bonchev–Trinajstić information content (AvgIpc) is 2.91. The summed E-state index contributed by atoms with van der Waals surface area (Å²) in [5.74, 6) is -0.627.